The van der Waals surface area contributed by atoms with Crippen LogP contribution in [0.5, 0.6) is 5.75 Å². The largest absolute Gasteiger partial charge is 1.00 e. The Labute approximate surface area is 146 Å². The van der Waals surface area contributed by atoms with Crippen LogP contribution in [0.25, 0.3) is 0 Å². The average molecular weight is 326 g/mol. The van der Waals surface area contributed by atoms with Crippen LogP contribution in [0.1, 0.15) is 0 Å². The summed E-state index contributed by atoms with van der Waals surface area (Å²) in [6.45, 7) is 0. The van der Waals surface area contributed by atoms with Crippen LogP contribution in [0.3, 0.4) is 0 Å². The van der Waals surface area contributed by atoms with Gasteiger partial charge in [0.15, 0.2) is 11.5 Å². The third-order valence-corrected chi connectivity index (χ3v) is 3.05. The molecular formula is C12H6Cl3NNaO2+. The Bertz CT molecular complexity index is 600. The second-order valence-electron chi connectivity index (χ2n) is 3.48. The molecule has 7 heteroatoms. The normalized spacial score (nSPS) is 16.3. The Morgan fingerprint density at radius 1 is 1.05 bits per heavy atom. The number of nitrogens with zero attached hydrogens (tertiary/aromatic N) is 1. The van der Waals surface area contributed by atoms with Crippen LogP contribution in [0.4, 0.5) is 5.69 Å². The molecule has 3 nitrogen and oxygen atoms in total. The molecule has 0 aliphatic heterocycles. The summed E-state index contributed by atoms with van der Waals surface area (Å²) in [6.07, 6.45) is 4.12. The number of phenolic OH excluding ortho intramolecular Hbond substituents is 1. The number of hydrogen-bond donors (Lipinski definition) is 1. The topological polar surface area (TPSA) is 49.7 Å². The predicted molar refractivity (Wildman–Crippen MR) is 73.3 cm³/mol. The number of aliphatic imine (C=N–C) groups is 1. The summed E-state index contributed by atoms with van der Waals surface area (Å²) in [5.74, 6) is -0.390. The summed E-state index contributed by atoms with van der Waals surface area (Å²) in [4.78, 5) is 15.2. The molecule has 0 fully saturated rings. The molecule has 0 radical (unpaired) electrons. The van der Waals surface area contributed by atoms with E-state index in [-0.39, 0.29) is 56.2 Å². The summed E-state index contributed by atoms with van der Waals surface area (Å²) >= 11 is 17.4. The minimum Gasteiger partial charge on any atom is -0.505 e. The minimum atomic E-state index is -0.196. The third kappa shape index (κ3) is 4.09. The summed E-state index contributed by atoms with van der Waals surface area (Å²) in [5, 5.41) is 9.84. The van der Waals surface area contributed by atoms with Gasteiger partial charge in [-0.05, 0) is 24.3 Å². The van der Waals surface area contributed by atoms with Gasteiger partial charge in [0.1, 0.15) is 0 Å². The van der Waals surface area contributed by atoms with Crippen LogP contribution >= 0.6 is 34.8 Å². The third-order valence-electron chi connectivity index (χ3n) is 2.17. The average Bonchev–Trinajstić information content (AvgIpc) is 2.29. The van der Waals surface area contributed by atoms with Gasteiger partial charge < -0.3 is 5.11 Å². The van der Waals surface area contributed by atoms with E-state index in [9.17, 15) is 9.90 Å². The Balaban J connectivity index is 0.00000180. The van der Waals surface area contributed by atoms with E-state index in [0.29, 0.717) is 11.4 Å². The summed E-state index contributed by atoms with van der Waals surface area (Å²) in [6, 6.07) is 2.90. The number of aromatic hydroxyl groups is 1. The van der Waals surface area contributed by atoms with Gasteiger partial charge >= 0.3 is 29.6 Å². The molecule has 0 atom stereocenters. The number of halogens is 3. The van der Waals surface area contributed by atoms with Crippen LogP contribution in [-0.2, 0) is 4.79 Å². The van der Waals surface area contributed by atoms with Crippen molar-refractivity contribution in [3.63, 3.8) is 0 Å². The Morgan fingerprint density at radius 2 is 1.63 bits per heavy atom. The maximum absolute atomic E-state index is 11.0. The molecule has 92 valence electrons. The molecule has 0 saturated heterocycles. The molecular weight excluding hydrogens is 319 g/mol. The molecule has 1 N–H and O–H groups in total. The van der Waals surface area contributed by atoms with Crippen molar-refractivity contribution >= 4 is 52.0 Å². The second-order valence-corrected chi connectivity index (χ2v) is 4.70. The molecule has 1 aliphatic rings. The second kappa shape index (κ2) is 6.93. The summed E-state index contributed by atoms with van der Waals surface area (Å²) in [5.41, 5.74) is 0.859. The van der Waals surface area contributed by atoms with E-state index in [1.165, 1.54) is 30.4 Å². The van der Waals surface area contributed by atoms with Crippen molar-refractivity contribution in [1.82, 2.24) is 0 Å². The first-order valence-corrected chi connectivity index (χ1v) is 5.97. The number of carbonyl (C=O) groups excluding carboxylic acids is 1. The van der Waals surface area contributed by atoms with Crippen LogP contribution in [0.15, 0.2) is 40.4 Å². The Kier molecular flexibility index (Phi) is 6.12. The quantitative estimate of drug-likeness (QED) is 0.619. The number of benzene rings is 1. The zero-order chi connectivity index (χ0) is 13.3. The minimum absolute atomic E-state index is 0. The molecule has 1 aromatic rings. The molecule has 19 heavy (non-hydrogen) atoms. The van der Waals surface area contributed by atoms with E-state index in [2.05, 4.69) is 4.99 Å². The van der Waals surface area contributed by atoms with Gasteiger partial charge in [-0.3, -0.25) is 4.79 Å². The van der Waals surface area contributed by atoms with Crippen LogP contribution < -0.4 is 29.6 Å². The number of phenols is 1. The molecule has 0 amide bonds. The molecule has 0 unspecified atom stereocenters. The smallest absolute Gasteiger partial charge is 0.505 e. The van der Waals surface area contributed by atoms with Crippen molar-refractivity contribution in [2.24, 2.45) is 4.99 Å². The van der Waals surface area contributed by atoms with Gasteiger partial charge in [0.25, 0.3) is 0 Å². The van der Waals surface area contributed by atoms with Crippen molar-refractivity contribution in [1.29, 1.82) is 0 Å². The standard InChI is InChI=1S/C12H6Cl3NO2.Na/c13-8-5-7(17)1-2-11(8)16-6-3-9(14)12(18)10(15)4-6;/h1-5,18H;/q;+1. The van der Waals surface area contributed by atoms with Gasteiger partial charge in [0.2, 0.25) is 0 Å². The molecule has 0 aromatic heterocycles. The van der Waals surface area contributed by atoms with E-state index in [4.69, 9.17) is 34.8 Å². The number of carbonyl (C=O) groups is 1. The molecule has 0 spiro atoms. The van der Waals surface area contributed by atoms with Gasteiger partial charge in [0, 0.05) is 6.08 Å². The van der Waals surface area contributed by atoms with Gasteiger partial charge in [-0.25, -0.2) is 4.99 Å². The first kappa shape index (κ1) is 16.8. The first-order valence-electron chi connectivity index (χ1n) is 4.83. The van der Waals surface area contributed by atoms with E-state index in [0.717, 1.165) is 0 Å². The zero-order valence-corrected chi connectivity index (χ0v) is 14.1. The van der Waals surface area contributed by atoms with Crippen molar-refractivity contribution < 1.29 is 39.5 Å². The number of hydrogen-bond acceptors (Lipinski definition) is 3. The first-order chi connectivity index (χ1) is 8.47. The molecule has 1 aliphatic carbocycles. The number of allylic oxidation sites excluding steroid dienone is 4. The monoisotopic (exact) mass is 324 g/mol. The van der Waals surface area contributed by atoms with Crippen molar-refractivity contribution in [3.05, 3.63) is 45.4 Å². The summed E-state index contributed by atoms with van der Waals surface area (Å²) in [7, 11) is 0. The SMILES string of the molecule is O=C1C=CC(=Nc2cc(Cl)c(O)c(Cl)c2)C(Cl)=C1.[Na+]. The van der Waals surface area contributed by atoms with Gasteiger partial charge in [-0.1, -0.05) is 34.8 Å². The van der Waals surface area contributed by atoms with Crippen molar-refractivity contribution in [2.75, 3.05) is 0 Å². The summed E-state index contributed by atoms with van der Waals surface area (Å²) < 4.78 is 0. The molecule has 2 rings (SSSR count). The fraction of sp³-hybridized carbons (Fsp3) is 0. The molecule has 0 saturated carbocycles. The van der Waals surface area contributed by atoms with Crippen LogP contribution in [-0.4, -0.2) is 16.6 Å². The molecule has 0 heterocycles. The van der Waals surface area contributed by atoms with E-state index in [1.54, 1.807) is 0 Å². The maximum atomic E-state index is 11.0. The van der Waals surface area contributed by atoms with Gasteiger partial charge in [0.05, 0.1) is 26.5 Å². The van der Waals surface area contributed by atoms with Gasteiger partial charge in [-0.2, -0.15) is 0 Å². The predicted octanol–water partition coefficient (Wildman–Crippen LogP) is 1.04. The zero-order valence-electron chi connectivity index (χ0n) is 9.82. The van der Waals surface area contributed by atoms with Crippen molar-refractivity contribution in [2.45, 2.75) is 0 Å². The van der Waals surface area contributed by atoms with Crippen molar-refractivity contribution in [3.8, 4) is 5.75 Å². The number of ketones is 1. The molecule has 0 bridgehead atoms. The van der Waals surface area contributed by atoms with E-state index in [1.807, 2.05) is 0 Å². The van der Waals surface area contributed by atoms with E-state index < -0.39 is 0 Å². The van der Waals surface area contributed by atoms with E-state index >= 15 is 0 Å². The fourth-order valence-corrected chi connectivity index (χ4v) is 2.02. The van der Waals surface area contributed by atoms with Crippen LogP contribution in [0, 0.1) is 0 Å². The molecule has 1 aromatic carbocycles. The fourth-order valence-electron chi connectivity index (χ4n) is 1.33. The number of rotatable bonds is 1. The van der Waals surface area contributed by atoms with Gasteiger partial charge in [-0.15, -0.1) is 0 Å². The maximum Gasteiger partial charge on any atom is 1.00 e. The Hall–Kier alpha value is -0.290. The Morgan fingerprint density at radius 3 is 2.16 bits per heavy atom. The van der Waals surface area contributed by atoms with Crippen LogP contribution in [0.2, 0.25) is 10.0 Å².